The van der Waals surface area contributed by atoms with Gasteiger partial charge in [-0.3, -0.25) is 24.6 Å². The predicted molar refractivity (Wildman–Crippen MR) is 86.4 cm³/mol. The number of aliphatic hydroxyl groups excluding tert-OH is 1. The van der Waals surface area contributed by atoms with E-state index in [1.165, 1.54) is 14.2 Å². The SMILES string of the molecule is COc1c(NC2=CC(=O)N(CCO)C2=O)cc([N+](=O)[O-])c(OC)c1C. The number of rotatable bonds is 7. The molecule has 10 heteroatoms. The molecule has 0 aliphatic carbocycles. The Bertz CT molecular complexity index is 773. The van der Waals surface area contributed by atoms with Gasteiger partial charge < -0.3 is 19.9 Å². The van der Waals surface area contributed by atoms with E-state index in [2.05, 4.69) is 5.32 Å². The Hall–Kier alpha value is -3.14. The maximum atomic E-state index is 12.2. The van der Waals surface area contributed by atoms with Crippen LogP contribution in [0.4, 0.5) is 11.4 Å². The number of hydrogen-bond acceptors (Lipinski definition) is 8. The topological polar surface area (TPSA) is 131 Å². The normalized spacial score (nSPS) is 13.8. The molecule has 0 bridgehead atoms. The zero-order chi connectivity index (χ0) is 18.7. The molecule has 10 nitrogen and oxygen atoms in total. The Morgan fingerprint density at radius 2 is 1.92 bits per heavy atom. The number of hydrogen-bond donors (Lipinski definition) is 2. The van der Waals surface area contributed by atoms with E-state index in [1.807, 2.05) is 0 Å². The van der Waals surface area contributed by atoms with Crippen LogP contribution in [0.15, 0.2) is 17.8 Å². The first kappa shape index (κ1) is 18.2. The maximum Gasteiger partial charge on any atom is 0.313 e. The van der Waals surface area contributed by atoms with Crippen molar-refractivity contribution >= 4 is 23.2 Å². The first-order valence-electron chi connectivity index (χ1n) is 7.21. The summed E-state index contributed by atoms with van der Waals surface area (Å²) < 4.78 is 10.3. The van der Waals surface area contributed by atoms with E-state index in [4.69, 9.17) is 14.6 Å². The van der Waals surface area contributed by atoms with E-state index in [9.17, 15) is 19.7 Å². The van der Waals surface area contributed by atoms with E-state index in [0.29, 0.717) is 5.56 Å². The van der Waals surface area contributed by atoms with Gasteiger partial charge in [0.1, 0.15) is 11.4 Å². The summed E-state index contributed by atoms with van der Waals surface area (Å²) in [6.45, 7) is 1.07. The summed E-state index contributed by atoms with van der Waals surface area (Å²) in [5.41, 5.74) is 0.125. The molecule has 0 saturated carbocycles. The number of ether oxygens (including phenoxy) is 2. The van der Waals surface area contributed by atoms with Crippen LogP contribution in [-0.2, 0) is 9.59 Å². The average Bonchev–Trinajstić information content (AvgIpc) is 2.82. The van der Waals surface area contributed by atoms with E-state index in [0.717, 1.165) is 17.0 Å². The molecule has 2 rings (SSSR count). The van der Waals surface area contributed by atoms with Crippen molar-refractivity contribution in [3.63, 3.8) is 0 Å². The van der Waals surface area contributed by atoms with Crippen molar-refractivity contribution in [1.82, 2.24) is 4.90 Å². The average molecular weight is 351 g/mol. The highest BCUT2D eigenvalue weighted by atomic mass is 16.6. The monoisotopic (exact) mass is 351 g/mol. The zero-order valence-corrected chi connectivity index (χ0v) is 13.9. The van der Waals surface area contributed by atoms with Crippen LogP contribution in [0.5, 0.6) is 11.5 Å². The molecular weight excluding hydrogens is 334 g/mol. The van der Waals surface area contributed by atoms with Crippen molar-refractivity contribution in [2.75, 3.05) is 32.7 Å². The smallest absolute Gasteiger partial charge is 0.313 e. The van der Waals surface area contributed by atoms with Gasteiger partial charge in [-0.15, -0.1) is 0 Å². The number of aliphatic hydroxyl groups is 1. The molecular formula is C15H17N3O7. The van der Waals surface area contributed by atoms with Gasteiger partial charge in [0.25, 0.3) is 11.8 Å². The molecule has 1 heterocycles. The predicted octanol–water partition coefficient (Wildman–Crippen LogP) is 0.577. The number of amides is 2. The van der Waals surface area contributed by atoms with Gasteiger partial charge in [0.2, 0.25) is 5.75 Å². The summed E-state index contributed by atoms with van der Waals surface area (Å²) in [7, 11) is 2.67. The third-order valence-electron chi connectivity index (χ3n) is 3.65. The quantitative estimate of drug-likeness (QED) is 0.414. The van der Waals surface area contributed by atoms with Crippen LogP contribution in [0.2, 0.25) is 0 Å². The second-order valence-electron chi connectivity index (χ2n) is 5.09. The number of methoxy groups -OCH3 is 2. The minimum Gasteiger partial charge on any atom is -0.494 e. The molecule has 0 saturated heterocycles. The van der Waals surface area contributed by atoms with Gasteiger partial charge in [0, 0.05) is 17.7 Å². The van der Waals surface area contributed by atoms with Crippen molar-refractivity contribution in [2.24, 2.45) is 0 Å². The number of nitrogens with zero attached hydrogens (tertiary/aromatic N) is 2. The van der Waals surface area contributed by atoms with Crippen LogP contribution < -0.4 is 14.8 Å². The molecule has 1 aliphatic rings. The second-order valence-corrected chi connectivity index (χ2v) is 5.09. The first-order chi connectivity index (χ1) is 11.8. The molecule has 1 aromatic carbocycles. The number of nitro benzene ring substituents is 1. The largest absolute Gasteiger partial charge is 0.494 e. The zero-order valence-electron chi connectivity index (χ0n) is 13.9. The van der Waals surface area contributed by atoms with Crippen LogP contribution in [0.3, 0.4) is 0 Å². The van der Waals surface area contributed by atoms with Crippen LogP contribution >= 0.6 is 0 Å². The molecule has 134 valence electrons. The lowest BCUT2D eigenvalue weighted by Crippen LogP contribution is -2.34. The van der Waals surface area contributed by atoms with Crippen molar-refractivity contribution < 1.29 is 29.1 Å². The Morgan fingerprint density at radius 1 is 1.28 bits per heavy atom. The first-order valence-corrected chi connectivity index (χ1v) is 7.21. The van der Waals surface area contributed by atoms with E-state index < -0.39 is 16.7 Å². The highest BCUT2D eigenvalue weighted by Crippen LogP contribution is 2.42. The number of carbonyl (C=O) groups excluding carboxylic acids is 2. The van der Waals surface area contributed by atoms with Gasteiger partial charge in [0.05, 0.1) is 38.0 Å². The highest BCUT2D eigenvalue weighted by molar-refractivity contribution is 6.17. The fourth-order valence-corrected chi connectivity index (χ4v) is 2.57. The van der Waals surface area contributed by atoms with Crippen molar-refractivity contribution in [3.8, 4) is 11.5 Å². The fraction of sp³-hybridized carbons (Fsp3) is 0.333. The summed E-state index contributed by atoms with van der Waals surface area (Å²) in [5, 5.41) is 22.9. The third kappa shape index (κ3) is 3.24. The van der Waals surface area contributed by atoms with Gasteiger partial charge in [0.15, 0.2) is 0 Å². The Balaban J connectivity index is 2.46. The van der Waals surface area contributed by atoms with Gasteiger partial charge in [-0.1, -0.05) is 0 Å². The van der Waals surface area contributed by atoms with Crippen LogP contribution in [0, 0.1) is 17.0 Å². The number of nitro groups is 1. The molecule has 0 aromatic heterocycles. The Kier molecular flexibility index (Phi) is 5.22. The second kappa shape index (κ2) is 7.18. The lowest BCUT2D eigenvalue weighted by Gasteiger charge is -2.17. The molecule has 1 aromatic rings. The fourth-order valence-electron chi connectivity index (χ4n) is 2.57. The molecule has 0 spiro atoms. The molecule has 0 radical (unpaired) electrons. The van der Waals surface area contributed by atoms with E-state index >= 15 is 0 Å². The number of benzene rings is 1. The highest BCUT2D eigenvalue weighted by Gasteiger charge is 2.32. The van der Waals surface area contributed by atoms with E-state index in [-0.39, 0.29) is 41.7 Å². The Morgan fingerprint density at radius 3 is 2.44 bits per heavy atom. The minimum atomic E-state index is -0.641. The number of carbonyl (C=O) groups is 2. The number of β-amino-alcohol motifs (C(OH)–C–C–N with tert-alkyl or cyclic N) is 1. The molecule has 2 amide bonds. The molecule has 25 heavy (non-hydrogen) atoms. The summed E-state index contributed by atoms with van der Waals surface area (Å²) >= 11 is 0. The summed E-state index contributed by atoms with van der Waals surface area (Å²) in [6.07, 6.45) is 1.06. The lowest BCUT2D eigenvalue weighted by atomic mass is 10.1. The van der Waals surface area contributed by atoms with Gasteiger partial charge in [-0.05, 0) is 6.92 Å². The van der Waals surface area contributed by atoms with Crippen molar-refractivity contribution in [3.05, 3.63) is 33.5 Å². The van der Waals surface area contributed by atoms with E-state index in [1.54, 1.807) is 6.92 Å². The maximum absolute atomic E-state index is 12.2. The summed E-state index contributed by atoms with van der Waals surface area (Å²) in [6, 6.07) is 1.16. The number of imide groups is 1. The third-order valence-corrected chi connectivity index (χ3v) is 3.65. The molecule has 0 atom stereocenters. The van der Waals surface area contributed by atoms with Gasteiger partial charge >= 0.3 is 5.69 Å². The van der Waals surface area contributed by atoms with Crippen LogP contribution in [0.1, 0.15) is 5.56 Å². The minimum absolute atomic E-state index is 0.0390. The number of anilines is 1. The van der Waals surface area contributed by atoms with Gasteiger partial charge in [-0.2, -0.15) is 0 Å². The molecule has 1 aliphatic heterocycles. The molecule has 0 unspecified atom stereocenters. The molecule has 0 fully saturated rings. The van der Waals surface area contributed by atoms with Crippen molar-refractivity contribution in [1.29, 1.82) is 0 Å². The Labute approximate surface area is 142 Å². The molecule has 2 N–H and O–H groups in total. The van der Waals surface area contributed by atoms with Gasteiger partial charge in [-0.25, -0.2) is 0 Å². The summed E-state index contributed by atoms with van der Waals surface area (Å²) in [5.74, 6) is -0.946. The summed E-state index contributed by atoms with van der Waals surface area (Å²) in [4.78, 5) is 35.5. The van der Waals surface area contributed by atoms with Crippen molar-refractivity contribution in [2.45, 2.75) is 6.92 Å². The lowest BCUT2D eigenvalue weighted by molar-refractivity contribution is -0.385. The van der Waals surface area contributed by atoms with Crippen LogP contribution in [0.25, 0.3) is 0 Å². The number of nitrogens with one attached hydrogen (secondary N) is 1. The standard InChI is InChI=1S/C15H17N3O7/c1-8-13(24-2)9(6-11(18(22)23)14(8)25-3)16-10-7-12(20)17(4-5-19)15(10)21/h6-7,16,19H,4-5H2,1-3H3. The van der Waals surface area contributed by atoms with Crippen LogP contribution in [-0.4, -0.2) is 54.1 Å².